The molecule has 17 heavy (non-hydrogen) atoms. The van der Waals surface area contributed by atoms with E-state index in [1.807, 2.05) is 24.3 Å². The first-order valence-electron chi connectivity index (χ1n) is 5.20. The zero-order chi connectivity index (χ0) is 12.3. The monoisotopic (exact) mass is 285 g/mol. The van der Waals surface area contributed by atoms with E-state index < -0.39 is 0 Å². The summed E-state index contributed by atoms with van der Waals surface area (Å²) in [5.41, 5.74) is 6.81. The number of rotatable bonds is 4. The Morgan fingerprint density at radius 2 is 2.06 bits per heavy atom. The summed E-state index contributed by atoms with van der Waals surface area (Å²) >= 11 is 8.99. The van der Waals surface area contributed by atoms with Crippen LogP contribution in [0.25, 0.3) is 0 Å². The van der Waals surface area contributed by atoms with Crippen molar-refractivity contribution >= 4 is 39.8 Å². The molecule has 0 radical (unpaired) electrons. The van der Waals surface area contributed by atoms with Gasteiger partial charge >= 0.3 is 0 Å². The number of hydrogen-bond acceptors (Lipinski definition) is 5. The first-order chi connectivity index (χ1) is 8.19. The Hall–Kier alpha value is -0.780. The summed E-state index contributed by atoms with van der Waals surface area (Å²) in [5.74, 6) is 0. The average molecular weight is 286 g/mol. The largest absolute Gasteiger partial charge is 0.374 e. The number of benzene rings is 1. The second kappa shape index (κ2) is 5.71. The summed E-state index contributed by atoms with van der Waals surface area (Å²) in [6, 6.07) is 7.92. The third-order valence-electron chi connectivity index (χ3n) is 2.28. The molecule has 0 fully saturated rings. The number of nitrogen functional groups attached to an aromatic ring is 1. The van der Waals surface area contributed by atoms with Crippen LogP contribution in [0.4, 0.5) is 5.13 Å². The topological polar surface area (TPSA) is 51.8 Å². The Bertz CT molecular complexity index is 484. The molecule has 0 amide bonds. The van der Waals surface area contributed by atoms with E-state index in [4.69, 9.17) is 17.3 Å². The van der Waals surface area contributed by atoms with Crippen molar-refractivity contribution in [2.45, 2.75) is 22.9 Å². The Balaban J connectivity index is 2.13. The number of aromatic nitrogens is 2. The van der Waals surface area contributed by atoms with E-state index in [-0.39, 0.29) is 0 Å². The Morgan fingerprint density at radius 3 is 2.59 bits per heavy atom. The normalized spacial score (nSPS) is 12.6. The molecule has 0 bridgehead atoms. The van der Waals surface area contributed by atoms with Gasteiger partial charge < -0.3 is 5.73 Å². The molecule has 2 N–H and O–H groups in total. The molecule has 6 heteroatoms. The van der Waals surface area contributed by atoms with E-state index in [0.717, 1.165) is 15.8 Å². The molecule has 3 nitrogen and oxygen atoms in total. The Morgan fingerprint density at radius 1 is 1.35 bits per heavy atom. The highest BCUT2D eigenvalue weighted by atomic mass is 35.5. The molecule has 0 saturated heterocycles. The summed E-state index contributed by atoms with van der Waals surface area (Å²) in [4.78, 5) is 0. The first kappa shape index (κ1) is 12.7. The molecule has 2 aromatic rings. The lowest BCUT2D eigenvalue weighted by atomic mass is 10.1. The Kier molecular flexibility index (Phi) is 4.25. The maximum atomic E-state index is 5.88. The van der Waals surface area contributed by atoms with Gasteiger partial charge in [0.25, 0.3) is 0 Å². The summed E-state index contributed by atoms with van der Waals surface area (Å²) < 4.78 is 0.907. The van der Waals surface area contributed by atoms with Crippen molar-refractivity contribution in [3.8, 4) is 0 Å². The lowest BCUT2D eigenvalue weighted by Crippen LogP contribution is -1.91. The maximum Gasteiger partial charge on any atom is 0.203 e. The average Bonchev–Trinajstić information content (AvgIpc) is 2.73. The van der Waals surface area contributed by atoms with Crippen LogP contribution in [0.1, 0.15) is 24.2 Å². The second-order valence-corrected chi connectivity index (χ2v) is 6.37. The van der Waals surface area contributed by atoms with Gasteiger partial charge in [0.15, 0.2) is 4.34 Å². The summed E-state index contributed by atoms with van der Waals surface area (Å²) in [7, 11) is 0. The summed E-state index contributed by atoms with van der Waals surface area (Å²) in [5, 5.41) is 9.47. The van der Waals surface area contributed by atoms with Gasteiger partial charge in [-0.25, -0.2) is 0 Å². The number of hydrogen-bond donors (Lipinski definition) is 1. The lowest BCUT2D eigenvalue weighted by Gasteiger charge is -2.12. The molecule has 1 aromatic carbocycles. The van der Waals surface area contributed by atoms with Crippen LogP contribution in [-0.4, -0.2) is 10.2 Å². The molecule has 0 aliphatic carbocycles. The van der Waals surface area contributed by atoms with Crippen molar-refractivity contribution in [2.75, 3.05) is 5.73 Å². The highest BCUT2D eigenvalue weighted by Crippen LogP contribution is 2.39. The van der Waals surface area contributed by atoms with E-state index in [1.165, 1.54) is 16.9 Å². The number of thioether (sulfide) groups is 1. The van der Waals surface area contributed by atoms with Gasteiger partial charge in [-0.05, 0) is 24.1 Å². The zero-order valence-electron chi connectivity index (χ0n) is 9.26. The molecule has 1 aromatic heterocycles. The van der Waals surface area contributed by atoms with Gasteiger partial charge in [0.1, 0.15) is 0 Å². The van der Waals surface area contributed by atoms with Crippen LogP contribution >= 0.6 is 34.7 Å². The molecule has 0 aliphatic rings. The van der Waals surface area contributed by atoms with E-state index >= 15 is 0 Å². The zero-order valence-corrected chi connectivity index (χ0v) is 11.6. The van der Waals surface area contributed by atoms with E-state index in [2.05, 4.69) is 17.1 Å². The molecular formula is C11H12ClN3S2. The van der Waals surface area contributed by atoms with Crippen LogP contribution in [-0.2, 0) is 0 Å². The van der Waals surface area contributed by atoms with Gasteiger partial charge in [-0.15, -0.1) is 10.2 Å². The van der Waals surface area contributed by atoms with Crippen molar-refractivity contribution in [3.05, 3.63) is 34.9 Å². The smallest absolute Gasteiger partial charge is 0.203 e. The fourth-order valence-electron chi connectivity index (χ4n) is 1.45. The number of nitrogens with zero attached hydrogens (tertiary/aromatic N) is 2. The minimum Gasteiger partial charge on any atom is -0.374 e. The van der Waals surface area contributed by atoms with Crippen molar-refractivity contribution in [2.24, 2.45) is 0 Å². The van der Waals surface area contributed by atoms with Gasteiger partial charge in [-0.1, -0.05) is 53.8 Å². The van der Waals surface area contributed by atoms with Crippen LogP contribution in [0.5, 0.6) is 0 Å². The van der Waals surface area contributed by atoms with Crippen molar-refractivity contribution in [3.63, 3.8) is 0 Å². The standard InChI is InChI=1S/C11H12ClN3S2/c1-2-9(7-3-5-8(12)6-4-7)16-11-15-14-10(13)17-11/h3-6,9H,2H2,1H3,(H2,13,14). The van der Waals surface area contributed by atoms with Gasteiger partial charge in [-0.3, -0.25) is 0 Å². The van der Waals surface area contributed by atoms with E-state index in [1.54, 1.807) is 11.8 Å². The van der Waals surface area contributed by atoms with Crippen molar-refractivity contribution < 1.29 is 0 Å². The number of halogens is 1. The highest BCUT2D eigenvalue weighted by Gasteiger charge is 2.13. The molecule has 0 spiro atoms. The molecule has 2 rings (SSSR count). The maximum absolute atomic E-state index is 5.88. The van der Waals surface area contributed by atoms with Crippen LogP contribution in [0.2, 0.25) is 5.02 Å². The third kappa shape index (κ3) is 3.34. The highest BCUT2D eigenvalue weighted by molar-refractivity contribution is 8.01. The van der Waals surface area contributed by atoms with E-state index in [0.29, 0.717) is 10.4 Å². The van der Waals surface area contributed by atoms with Gasteiger partial charge in [-0.2, -0.15) is 0 Å². The molecular weight excluding hydrogens is 274 g/mol. The minimum absolute atomic E-state index is 0.361. The SMILES string of the molecule is CCC(Sc1nnc(N)s1)c1ccc(Cl)cc1. The second-order valence-electron chi connectivity index (χ2n) is 3.47. The summed E-state index contributed by atoms with van der Waals surface area (Å²) in [6.45, 7) is 2.15. The predicted molar refractivity (Wildman–Crippen MR) is 74.7 cm³/mol. The summed E-state index contributed by atoms with van der Waals surface area (Å²) in [6.07, 6.45) is 1.02. The molecule has 0 aliphatic heterocycles. The van der Waals surface area contributed by atoms with Crippen LogP contribution in [0.15, 0.2) is 28.6 Å². The Labute approximate surface area is 113 Å². The fourth-order valence-corrected chi connectivity index (χ4v) is 3.51. The quantitative estimate of drug-likeness (QED) is 0.862. The van der Waals surface area contributed by atoms with Gasteiger partial charge in [0.2, 0.25) is 5.13 Å². The fraction of sp³-hybridized carbons (Fsp3) is 0.273. The van der Waals surface area contributed by atoms with Crippen molar-refractivity contribution in [1.82, 2.24) is 10.2 Å². The van der Waals surface area contributed by atoms with Crippen LogP contribution in [0, 0.1) is 0 Å². The molecule has 0 saturated carbocycles. The lowest BCUT2D eigenvalue weighted by molar-refractivity contribution is 0.889. The first-order valence-corrected chi connectivity index (χ1v) is 7.27. The van der Waals surface area contributed by atoms with E-state index in [9.17, 15) is 0 Å². The third-order valence-corrected chi connectivity index (χ3v) is 4.79. The minimum atomic E-state index is 0.361. The van der Waals surface area contributed by atoms with Crippen LogP contribution < -0.4 is 5.73 Å². The van der Waals surface area contributed by atoms with Crippen LogP contribution in [0.3, 0.4) is 0 Å². The molecule has 90 valence electrons. The molecule has 1 atom stereocenters. The number of anilines is 1. The van der Waals surface area contributed by atoms with Gasteiger partial charge in [0.05, 0.1) is 0 Å². The molecule has 1 heterocycles. The van der Waals surface area contributed by atoms with Crippen molar-refractivity contribution in [1.29, 1.82) is 0 Å². The number of nitrogens with two attached hydrogens (primary N) is 1. The predicted octanol–water partition coefficient (Wildman–Crippen LogP) is 4.02. The molecule has 1 unspecified atom stereocenters. The van der Waals surface area contributed by atoms with Gasteiger partial charge in [0, 0.05) is 10.3 Å².